The molecule has 0 bridgehead atoms. The van der Waals surface area contributed by atoms with Crippen LogP contribution in [0.3, 0.4) is 0 Å². The van der Waals surface area contributed by atoms with Crippen molar-refractivity contribution >= 4 is 11.8 Å². The van der Waals surface area contributed by atoms with Crippen molar-refractivity contribution in [2.75, 3.05) is 0 Å². The van der Waals surface area contributed by atoms with Crippen molar-refractivity contribution in [3.63, 3.8) is 0 Å². The number of benzene rings is 2. The van der Waals surface area contributed by atoms with E-state index in [1.165, 1.54) is 11.0 Å². The number of aromatic nitrogens is 4. The van der Waals surface area contributed by atoms with Gasteiger partial charge < -0.3 is 4.74 Å². The van der Waals surface area contributed by atoms with Crippen LogP contribution in [-0.4, -0.2) is 38.1 Å². The number of carbonyl (C=O) groups excluding carboxylic acids is 2. The van der Waals surface area contributed by atoms with Crippen LogP contribution in [0.2, 0.25) is 0 Å². The summed E-state index contributed by atoms with van der Waals surface area (Å²) in [6, 6.07) is 14.0. The standard InChI is InChI=1S/C21H22N4O3/c1-14(19(26)15-5-9-17(10-6-15)21(2,3)4)28-20(27)16-7-11-18(12-8-16)25-13-22-23-24-25/h5-14H,1-4H3/t14-/m0/s1. The zero-order valence-electron chi connectivity index (χ0n) is 16.3. The lowest BCUT2D eigenvalue weighted by Gasteiger charge is -2.19. The Morgan fingerprint density at radius 2 is 1.57 bits per heavy atom. The summed E-state index contributed by atoms with van der Waals surface area (Å²) < 4.78 is 6.82. The van der Waals surface area contributed by atoms with Crippen molar-refractivity contribution in [3.05, 3.63) is 71.5 Å². The normalized spacial score (nSPS) is 12.4. The van der Waals surface area contributed by atoms with Crippen molar-refractivity contribution in [1.82, 2.24) is 20.2 Å². The first kappa shape index (κ1) is 19.4. The van der Waals surface area contributed by atoms with Crippen molar-refractivity contribution < 1.29 is 14.3 Å². The first-order valence-corrected chi connectivity index (χ1v) is 8.95. The summed E-state index contributed by atoms with van der Waals surface area (Å²) in [5, 5.41) is 10.9. The molecule has 0 fully saturated rings. The fourth-order valence-electron chi connectivity index (χ4n) is 2.68. The van der Waals surface area contributed by atoms with Crippen LogP contribution in [-0.2, 0) is 10.2 Å². The maximum absolute atomic E-state index is 12.6. The largest absolute Gasteiger partial charge is 0.451 e. The molecule has 7 heteroatoms. The Bertz CT molecular complexity index is 956. The van der Waals surface area contributed by atoms with E-state index >= 15 is 0 Å². The molecule has 2 aromatic carbocycles. The van der Waals surface area contributed by atoms with E-state index in [4.69, 9.17) is 4.74 Å². The van der Waals surface area contributed by atoms with Gasteiger partial charge >= 0.3 is 5.97 Å². The number of hydrogen-bond acceptors (Lipinski definition) is 6. The zero-order chi connectivity index (χ0) is 20.3. The predicted octanol–water partition coefficient (Wildman–Crippen LogP) is 3.39. The Morgan fingerprint density at radius 3 is 2.11 bits per heavy atom. The second-order valence-electron chi connectivity index (χ2n) is 7.54. The number of ketones is 1. The summed E-state index contributed by atoms with van der Waals surface area (Å²) in [6.45, 7) is 7.91. The van der Waals surface area contributed by atoms with Gasteiger partial charge in [-0.2, -0.15) is 0 Å². The molecule has 7 nitrogen and oxygen atoms in total. The minimum absolute atomic E-state index is 0.00805. The summed E-state index contributed by atoms with van der Waals surface area (Å²) in [6.07, 6.45) is 0.575. The van der Waals surface area contributed by atoms with Gasteiger partial charge in [-0.3, -0.25) is 4.79 Å². The molecule has 0 radical (unpaired) electrons. The van der Waals surface area contributed by atoms with Gasteiger partial charge in [-0.15, -0.1) is 5.10 Å². The van der Waals surface area contributed by atoms with Gasteiger partial charge in [0.25, 0.3) is 0 Å². The third-order valence-electron chi connectivity index (χ3n) is 4.41. The van der Waals surface area contributed by atoms with E-state index in [-0.39, 0.29) is 11.2 Å². The zero-order valence-corrected chi connectivity index (χ0v) is 16.3. The molecule has 3 rings (SSSR count). The van der Waals surface area contributed by atoms with Crippen LogP contribution < -0.4 is 0 Å². The van der Waals surface area contributed by atoms with Gasteiger partial charge in [-0.25, -0.2) is 9.48 Å². The summed E-state index contributed by atoms with van der Waals surface area (Å²) >= 11 is 0. The van der Waals surface area contributed by atoms with Crippen molar-refractivity contribution in [1.29, 1.82) is 0 Å². The van der Waals surface area contributed by atoms with E-state index in [0.29, 0.717) is 16.8 Å². The maximum atomic E-state index is 12.6. The van der Waals surface area contributed by atoms with E-state index in [0.717, 1.165) is 5.56 Å². The van der Waals surface area contributed by atoms with Gasteiger partial charge in [0.2, 0.25) is 5.78 Å². The van der Waals surface area contributed by atoms with Crippen LogP contribution in [0.1, 0.15) is 54.0 Å². The number of ether oxygens (including phenoxy) is 1. The molecule has 144 valence electrons. The first-order chi connectivity index (χ1) is 13.3. The fourth-order valence-corrected chi connectivity index (χ4v) is 2.68. The Morgan fingerprint density at radius 1 is 0.964 bits per heavy atom. The number of nitrogens with zero attached hydrogens (tertiary/aromatic N) is 4. The second kappa shape index (κ2) is 7.72. The topological polar surface area (TPSA) is 87.0 Å². The highest BCUT2D eigenvalue weighted by Gasteiger charge is 2.21. The highest BCUT2D eigenvalue weighted by Crippen LogP contribution is 2.22. The lowest BCUT2D eigenvalue weighted by molar-refractivity contribution is 0.0319. The molecular weight excluding hydrogens is 356 g/mol. The highest BCUT2D eigenvalue weighted by molar-refractivity contribution is 6.01. The minimum atomic E-state index is -0.882. The van der Waals surface area contributed by atoms with E-state index in [1.54, 1.807) is 43.3 Å². The monoisotopic (exact) mass is 378 g/mol. The molecule has 0 amide bonds. The molecule has 0 unspecified atom stereocenters. The summed E-state index contributed by atoms with van der Waals surface area (Å²) in [7, 11) is 0. The maximum Gasteiger partial charge on any atom is 0.338 e. The van der Waals surface area contributed by atoms with E-state index in [2.05, 4.69) is 36.3 Å². The molecule has 0 saturated carbocycles. The van der Waals surface area contributed by atoms with E-state index < -0.39 is 12.1 Å². The highest BCUT2D eigenvalue weighted by atomic mass is 16.5. The number of esters is 1. The molecule has 1 atom stereocenters. The molecule has 0 aliphatic rings. The Balaban J connectivity index is 1.65. The van der Waals surface area contributed by atoms with Crippen LogP contribution in [0.25, 0.3) is 5.69 Å². The van der Waals surface area contributed by atoms with Gasteiger partial charge in [0, 0.05) is 5.56 Å². The lowest BCUT2D eigenvalue weighted by atomic mass is 9.86. The Labute approximate surface area is 163 Å². The molecule has 1 heterocycles. The molecule has 0 spiro atoms. The molecule has 0 N–H and O–H groups in total. The average molecular weight is 378 g/mol. The van der Waals surface area contributed by atoms with Crippen LogP contribution in [0.5, 0.6) is 0 Å². The van der Waals surface area contributed by atoms with Gasteiger partial charge in [-0.1, -0.05) is 45.0 Å². The number of hydrogen-bond donors (Lipinski definition) is 0. The third kappa shape index (κ3) is 4.31. The SMILES string of the molecule is C[C@H](OC(=O)c1ccc(-n2cnnn2)cc1)C(=O)c1ccc(C(C)(C)C)cc1. The van der Waals surface area contributed by atoms with Gasteiger partial charge in [0.1, 0.15) is 6.33 Å². The summed E-state index contributed by atoms with van der Waals surface area (Å²) in [5.74, 6) is -0.797. The molecule has 0 aliphatic carbocycles. The van der Waals surface area contributed by atoms with Crippen molar-refractivity contribution in [3.8, 4) is 5.69 Å². The summed E-state index contributed by atoms with van der Waals surface area (Å²) in [5.41, 5.74) is 2.72. The van der Waals surface area contributed by atoms with Gasteiger partial charge in [-0.05, 0) is 52.6 Å². The van der Waals surface area contributed by atoms with E-state index in [9.17, 15) is 9.59 Å². The molecular formula is C21H22N4O3. The number of rotatable bonds is 5. The lowest BCUT2D eigenvalue weighted by Crippen LogP contribution is -2.24. The molecule has 1 aromatic heterocycles. The molecule has 0 saturated heterocycles. The fraction of sp³-hybridized carbons (Fsp3) is 0.286. The first-order valence-electron chi connectivity index (χ1n) is 8.95. The van der Waals surface area contributed by atoms with Crippen molar-refractivity contribution in [2.45, 2.75) is 39.2 Å². The molecule has 28 heavy (non-hydrogen) atoms. The van der Waals surface area contributed by atoms with Crippen molar-refractivity contribution in [2.24, 2.45) is 0 Å². The second-order valence-corrected chi connectivity index (χ2v) is 7.54. The number of tetrazole rings is 1. The number of carbonyl (C=O) groups is 2. The van der Waals surface area contributed by atoms with Crippen LogP contribution in [0, 0.1) is 0 Å². The molecule has 0 aliphatic heterocycles. The smallest absolute Gasteiger partial charge is 0.338 e. The Hall–Kier alpha value is -3.35. The number of Topliss-reactive ketones (excluding diaryl/α,β-unsaturated/α-hetero) is 1. The Kier molecular flexibility index (Phi) is 5.35. The van der Waals surface area contributed by atoms with Crippen LogP contribution in [0.4, 0.5) is 0 Å². The molecule has 3 aromatic rings. The predicted molar refractivity (Wildman–Crippen MR) is 104 cm³/mol. The minimum Gasteiger partial charge on any atom is -0.451 e. The quantitative estimate of drug-likeness (QED) is 0.500. The van der Waals surface area contributed by atoms with Gasteiger partial charge in [0.05, 0.1) is 11.3 Å². The van der Waals surface area contributed by atoms with E-state index in [1.807, 2.05) is 12.1 Å². The third-order valence-corrected chi connectivity index (χ3v) is 4.41. The van der Waals surface area contributed by atoms with Gasteiger partial charge in [0.15, 0.2) is 6.10 Å². The average Bonchev–Trinajstić information content (AvgIpc) is 3.21. The van der Waals surface area contributed by atoms with Crippen LogP contribution in [0.15, 0.2) is 54.9 Å². The summed E-state index contributed by atoms with van der Waals surface area (Å²) in [4.78, 5) is 24.9. The van der Waals surface area contributed by atoms with Crippen LogP contribution >= 0.6 is 0 Å².